The minimum atomic E-state index is -0.482. The number of hydrogen-bond donors (Lipinski definition) is 0. The van der Waals surface area contributed by atoms with Gasteiger partial charge in [0.15, 0.2) is 0 Å². The number of fused-ring (bicyclic) bond motifs is 3. The first-order valence-corrected chi connectivity index (χ1v) is 7.11. The molecule has 6 nitrogen and oxygen atoms in total. The molecule has 1 aromatic carbocycles. The molecule has 112 valence electrons. The van der Waals surface area contributed by atoms with Crippen molar-refractivity contribution in [2.24, 2.45) is 5.41 Å². The lowest BCUT2D eigenvalue weighted by atomic mass is 9.97. The average molecular weight is 298 g/mol. The van der Waals surface area contributed by atoms with Crippen molar-refractivity contribution in [3.63, 3.8) is 0 Å². The molecule has 2 aromatic rings. The number of ether oxygens (including phenoxy) is 2. The van der Waals surface area contributed by atoms with Gasteiger partial charge in [0.25, 0.3) is 5.69 Å². The molecule has 2 heterocycles. The second kappa shape index (κ2) is 4.43. The summed E-state index contributed by atoms with van der Waals surface area (Å²) in [5, 5.41) is 10.7. The molecule has 1 fully saturated rings. The van der Waals surface area contributed by atoms with Gasteiger partial charge in [0.1, 0.15) is 17.7 Å². The number of hydrogen-bond acceptors (Lipinski definition) is 5. The third-order valence-electron chi connectivity index (χ3n) is 4.43. The van der Waals surface area contributed by atoms with Crippen molar-refractivity contribution in [3.05, 3.63) is 52.2 Å². The molecule has 4 rings (SSSR count). The molecule has 1 aliphatic heterocycles. The molecule has 0 spiro atoms. The molecule has 0 bridgehead atoms. The van der Waals surface area contributed by atoms with Crippen molar-refractivity contribution in [2.75, 3.05) is 6.61 Å². The molecular formula is C16H14N2O4. The molecule has 22 heavy (non-hydrogen) atoms. The quantitative estimate of drug-likeness (QED) is 0.638. The first kappa shape index (κ1) is 13.1. The largest absolute Gasteiger partial charge is 0.493 e. The Morgan fingerprint density at radius 2 is 2.27 bits per heavy atom. The Kier molecular flexibility index (Phi) is 2.63. The second-order valence-corrected chi connectivity index (χ2v) is 6.08. The normalized spacial score (nSPS) is 24.7. The fourth-order valence-electron chi connectivity index (χ4n) is 3.00. The molecule has 1 aromatic heterocycles. The van der Waals surface area contributed by atoms with E-state index in [1.807, 2.05) is 18.2 Å². The van der Waals surface area contributed by atoms with Crippen LogP contribution >= 0.6 is 0 Å². The van der Waals surface area contributed by atoms with Crippen molar-refractivity contribution in [2.45, 2.75) is 19.3 Å². The Balaban J connectivity index is 1.65. The van der Waals surface area contributed by atoms with Crippen LogP contribution in [-0.2, 0) is 0 Å². The average Bonchev–Trinajstić information content (AvgIpc) is 3.20. The standard InChI is InChI=1S/C16H14N2O4/c1-16-7-11(16)15-12(21-9-16)3-2-4-13(15)22-14-6-5-10(8-17-14)18(19)20/h2-6,8,11H,7,9H2,1H3. The van der Waals surface area contributed by atoms with Gasteiger partial charge in [-0.15, -0.1) is 0 Å². The first-order chi connectivity index (χ1) is 10.6. The predicted octanol–water partition coefficient (Wildman–Crippen LogP) is 3.67. The number of benzene rings is 1. The molecule has 1 aliphatic carbocycles. The Morgan fingerprint density at radius 3 is 3.00 bits per heavy atom. The van der Waals surface area contributed by atoms with Crippen LogP contribution in [-0.4, -0.2) is 16.5 Å². The molecule has 0 amide bonds. The van der Waals surface area contributed by atoms with Crippen molar-refractivity contribution in [1.29, 1.82) is 0 Å². The molecule has 0 radical (unpaired) electrons. The highest BCUT2D eigenvalue weighted by molar-refractivity contribution is 5.53. The van der Waals surface area contributed by atoms with Gasteiger partial charge < -0.3 is 9.47 Å². The lowest BCUT2D eigenvalue weighted by Crippen LogP contribution is -2.17. The van der Waals surface area contributed by atoms with E-state index in [0.29, 0.717) is 17.5 Å². The topological polar surface area (TPSA) is 74.5 Å². The van der Waals surface area contributed by atoms with E-state index in [4.69, 9.17) is 9.47 Å². The summed E-state index contributed by atoms with van der Waals surface area (Å²) < 4.78 is 11.7. The van der Waals surface area contributed by atoms with Crippen molar-refractivity contribution < 1.29 is 14.4 Å². The minimum Gasteiger partial charge on any atom is -0.493 e. The highest BCUT2D eigenvalue weighted by atomic mass is 16.6. The SMILES string of the molecule is CC12COc3cccc(Oc4ccc([N+](=O)[O-])cn4)c3C1C2. The summed E-state index contributed by atoms with van der Waals surface area (Å²) in [4.78, 5) is 14.2. The summed E-state index contributed by atoms with van der Waals surface area (Å²) in [5.41, 5.74) is 1.23. The van der Waals surface area contributed by atoms with E-state index in [1.54, 1.807) is 0 Å². The van der Waals surface area contributed by atoms with Crippen LogP contribution in [0.25, 0.3) is 0 Å². The molecule has 6 heteroatoms. The number of aromatic nitrogens is 1. The summed E-state index contributed by atoms with van der Waals surface area (Å²) in [6.07, 6.45) is 2.29. The maximum Gasteiger partial charge on any atom is 0.287 e. The zero-order valence-corrected chi connectivity index (χ0v) is 12.0. The third kappa shape index (κ3) is 1.99. The van der Waals surface area contributed by atoms with Crippen molar-refractivity contribution in [3.8, 4) is 17.4 Å². The van der Waals surface area contributed by atoms with E-state index in [1.165, 1.54) is 18.3 Å². The van der Waals surface area contributed by atoms with Gasteiger partial charge in [-0.3, -0.25) is 10.1 Å². The van der Waals surface area contributed by atoms with Crippen LogP contribution in [0.15, 0.2) is 36.5 Å². The second-order valence-electron chi connectivity index (χ2n) is 6.08. The molecule has 2 unspecified atom stereocenters. The third-order valence-corrected chi connectivity index (χ3v) is 4.43. The monoisotopic (exact) mass is 298 g/mol. The summed E-state index contributed by atoms with van der Waals surface area (Å²) in [6.45, 7) is 2.95. The fourth-order valence-corrected chi connectivity index (χ4v) is 3.00. The van der Waals surface area contributed by atoms with Gasteiger partial charge in [-0.2, -0.15) is 0 Å². The van der Waals surface area contributed by atoms with Crippen LogP contribution in [0.1, 0.15) is 24.8 Å². The van der Waals surface area contributed by atoms with Gasteiger partial charge in [0.2, 0.25) is 5.88 Å². The van der Waals surface area contributed by atoms with Crippen LogP contribution in [0.2, 0.25) is 0 Å². The van der Waals surface area contributed by atoms with Gasteiger partial charge in [0, 0.05) is 29.0 Å². The zero-order chi connectivity index (χ0) is 15.3. The fraction of sp³-hybridized carbons (Fsp3) is 0.312. The van der Waals surface area contributed by atoms with Gasteiger partial charge in [-0.05, 0) is 18.6 Å². The lowest BCUT2D eigenvalue weighted by molar-refractivity contribution is -0.385. The van der Waals surface area contributed by atoms with E-state index in [0.717, 1.165) is 24.3 Å². The van der Waals surface area contributed by atoms with Crippen molar-refractivity contribution in [1.82, 2.24) is 4.98 Å². The summed E-state index contributed by atoms with van der Waals surface area (Å²) in [5.74, 6) is 2.36. The Labute approximate surface area is 126 Å². The lowest BCUT2D eigenvalue weighted by Gasteiger charge is -2.23. The van der Waals surface area contributed by atoms with Crippen LogP contribution in [0.3, 0.4) is 0 Å². The summed E-state index contributed by atoms with van der Waals surface area (Å²) in [7, 11) is 0. The molecule has 0 saturated heterocycles. The van der Waals surface area contributed by atoms with Crippen LogP contribution in [0, 0.1) is 15.5 Å². The highest BCUT2D eigenvalue weighted by Crippen LogP contribution is 2.65. The Bertz CT molecular complexity index is 759. The zero-order valence-electron chi connectivity index (χ0n) is 12.0. The highest BCUT2D eigenvalue weighted by Gasteiger charge is 2.56. The molecule has 2 aliphatic rings. The van der Waals surface area contributed by atoms with E-state index >= 15 is 0 Å². The molecule has 0 N–H and O–H groups in total. The van der Waals surface area contributed by atoms with E-state index in [2.05, 4.69) is 11.9 Å². The molecule has 2 atom stereocenters. The smallest absolute Gasteiger partial charge is 0.287 e. The maximum atomic E-state index is 10.7. The van der Waals surface area contributed by atoms with Crippen LogP contribution in [0.5, 0.6) is 17.4 Å². The Morgan fingerprint density at radius 1 is 1.41 bits per heavy atom. The number of pyridine rings is 1. The van der Waals surface area contributed by atoms with E-state index in [-0.39, 0.29) is 11.1 Å². The Hall–Kier alpha value is -2.63. The predicted molar refractivity (Wildman–Crippen MR) is 78.4 cm³/mol. The molecule has 1 saturated carbocycles. The molecular weight excluding hydrogens is 284 g/mol. The number of nitro groups is 1. The first-order valence-electron chi connectivity index (χ1n) is 7.11. The van der Waals surface area contributed by atoms with Gasteiger partial charge >= 0.3 is 0 Å². The van der Waals surface area contributed by atoms with Gasteiger partial charge in [-0.1, -0.05) is 13.0 Å². The number of rotatable bonds is 3. The van der Waals surface area contributed by atoms with Gasteiger partial charge in [0.05, 0.1) is 11.5 Å². The maximum absolute atomic E-state index is 10.7. The summed E-state index contributed by atoms with van der Waals surface area (Å²) in [6, 6.07) is 8.60. The van der Waals surface area contributed by atoms with E-state index in [9.17, 15) is 10.1 Å². The summed E-state index contributed by atoms with van der Waals surface area (Å²) >= 11 is 0. The van der Waals surface area contributed by atoms with Crippen LogP contribution < -0.4 is 9.47 Å². The van der Waals surface area contributed by atoms with Gasteiger partial charge in [-0.25, -0.2) is 4.98 Å². The minimum absolute atomic E-state index is 0.0551. The van der Waals surface area contributed by atoms with Crippen LogP contribution in [0.4, 0.5) is 5.69 Å². The van der Waals surface area contributed by atoms with Crippen molar-refractivity contribution >= 4 is 5.69 Å². The number of nitrogens with zero attached hydrogens (tertiary/aromatic N) is 2. The van der Waals surface area contributed by atoms with E-state index < -0.39 is 4.92 Å².